The van der Waals surface area contributed by atoms with E-state index in [2.05, 4.69) is 10.2 Å². The summed E-state index contributed by atoms with van der Waals surface area (Å²) in [6, 6.07) is 15.7. The van der Waals surface area contributed by atoms with Gasteiger partial charge >= 0.3 is 5.91 Å². The number of ketones is 1. The summed E-state index contributed by atoms with van der Waals surface area (Å²) in [7, 11) is 0. The van der Waals surface area contributed by atoms with Crippen molar-refractivity contribution in [2.45, 2.75) is 30.0 Å². The second kappa shape index (κ2) is 12.1. The first-order valence-electron chi connectivity index (χ1n) is 12.4. The van der Waals surface area contributed by atoms with Gasteiger partial charge < -0.3 is 14.9 Å². The Morgan fingerprint density at radius 1 is 1.07 bits per heavy atom. The van der Waals surface area contributed by atoms with Gasteiger partial charge in [0.1, 0.15) is 5.76 Å². The number of thioether (sulfide) groups is 1. The minimum Gasteiger partial charge on any atom is -0.507 e. The van der Waals surface area contributed by atoms with Crippen molar-refractivity contribution >= 4 is 68.9 Å². The van der Waals surface area contributed by atoms with Gasteiger partial charge in [-0.05, 0) is 49.2 Å². The van der Waals surface area contributed by atoms with Crippen LogP contribution in [0.4, 0.5) is 5.13 Å². The number of hydrogen-bond donors (Lipinski definition) is 2. The van der Waals surface area contributed by atoms with Gasteiger partial charge in [-0.3, -0.25) is 14.5 Å². The minimum absolute atomic E-state index is 0.0958. The van der Waals surface area contributed by atoms with Crippen molar-refractivity contribution in [2.24, 2.45) is 0 Å². The molecule has 8 nitrogen and oxygen atoms in total. The highest BCUT2D eigenvalue weighted by atomic mass is 35.5. The number of aryl methyl sites for hydroxylation is 1. The van der Waals surface area contributed by atoms with Crippen LogP contribution in [0.2, 0.25) is 10.0 Å². The highest BCUT2D eigenvalue weighted by Gasteiger charge is 2.48. The number of ether oxygens (including phenoxy) is 1. The van der Waals surface area contributed by atoms with Crippen molar-refractivity contribution in [3.8, 4) is 11.5 Å². The molecule has 12 heteroatoms. The molecule has 210 valence electrons. The number of carbonyl (C=O) groups is 2. The van der Waals surface area contributed by atoms with Gasteiger partial charge in [0.25, 0.3) is 5.78 Å². The van der Waals surface area contributed by atoms with Crippen molar-refractivity contribution in [3.63, 3.8) is 0 Å². The summed E-state index contributed by atoms with van der Waals surface area (Å²) < 4.78 is 6.10. The Morgan fingerprint density at radius 3 is 2.54 bits per heavy atom. The molecule has 5 rings (SSSR count). The van der Waals surface area contributed by atoms with Crippen molar-refractivity contribution in [3.05, 3.63) is 98.5 Å². The molecule has 0 spiro atoms. The molecule has 0 radical (unpaired) electrons. The Labute approximate surface area is 254 Å². The molecule has 0 bridgehead atoms. The summed E-state index contributed by atoms with van der Waals surface area (Å²) in [5.41, 5.74) is 2.54. The topological polar surface area (TPSA) is 113 Å². The predicted molar refractivity (Wildman–Crippen MR) is 161 cm³/mol. The Balaban J connectivity index is 1.56. The molecule has 41 heavy (non-hydrogen) atoms. The number of Topliss-reactive ketones (excluding diaryl/α,β-unsaturated/α-hetero) is 1. The van der Waals surface area contributed by atoms with Gasteiger partial charge in [0.05, 0.1) is 18.2 Å². The third kappa shape index (κ3) is 5.92. The van der Waals surface area contributed by atoms with E-state index in [-0.39, 0.29) is 34.6 Å². The number of hydrogen-bond acceptors (Lipinski definition) is 9. The van der Waals surface area contributed by atoms with E-state index in [1.54, 1.807) is 55.5 Å². The van der Waals surface area contributed by atoms with E-state index in [1.165, 1.54) is 22.7 Å². The molecule has 1 amide bonds. The normalized spacial score (nSPS) is 16.4. The lowest BCUT2D eigenvalue weighted by atomic mass is 9.95. The van der Waals surface area contributed by atoms with Crippen molar-refractivity contribution in [2.75, 3.05) is 11.5 Å². The number of aliphatic hydroxyl groups is 1. The maximum absolute atomic E-state index is 13.5. The van der Waals surface area contributed by atoms with E-state index in [0.717, 1.165) is 22.5 Å². The number of phenolic OH excluding ortho intramolecular Hbond substituents is 1. The van der Waals surface area contributed by atoms with E-state index in [0.29, 0.717) is 31.3 Å². The number of carbonyl (C=O) groups excluding carboxylic acids is 2. The number of phenols is 1. The second-order valence-corrected chi connectivity index (χ2v) is 12.1. The van der Waals surface area contributed by atoms with E-state index in [1.807, 2.05) is 13.0 Å². The lowest BCUT2D eigenvalue weighted by Gasteiger charge is -2.23. The predicted octanol–water partition coefficient (Wildman–Crippen LogP) is 7.18. The largest absolute Gasteiger partial charge is 0.507 e. The number of benzene rings is 3. The number of halogens is 2. The SMILES string of the molecule is CCOc1cc(C2/C(=C(/O)c3ccc(C)cc3)C(=O)C(=O)N2c2nnc(SCc3ccc(Cl)cc3Cl)s2)ccc1O. The van der Waals surface area contributed by atoms with Crippen LogP contribution in [0.5, 0.6) is 11.5 Å². The minimum atomic E-state index is -1.05. The molecule has 2 N–H and O–H groups in total. The van der Waals surface area contributed by atoms with Crippen LogP contribution in [0.1, 0.15) is 35.2 Å². The van der Waals surface area contributed by atoms with Gasteiger partial charge in [0, 0.05) is 21.4 Å². The number of aromatic hydroxyl groups is 1. The smallest absolute Gasteiger partial charge is 0.301 e. The zero-order valence-corrected chi connectivity index (χ0v) is 24.9. The maximum Gasteiger partial charge on any atom is 0.301 e. The first kappa shape index (κ1) is 28.9. The number of anilines is 1. The molecule has 4 aromatic rings. The Kier molecular flexibility index (Phi) is 8.55. The van der Waals surface area contributed by atoms with Crippen LogP contribution in [0.15, 0.2) is 70.6 Å². The first-order chi connectivity index (χ1) is 19.7. The number of nitrogens with zero attached hydrogens (tertiary/aromatic N) is 3. The van der Waals surface area contributed by atoms with Gasteiger partial charge in [-0.15, -0.1) is 10.2 Å². The summed E-state index contributed by atoms with van der Waals surface area (Å²) in [5, 5.41) is 31.3. The van der Waals surface area contributed by atoms with E-state index in [9.17, 15) is 19.8 Å². The molecule has 2 heterocycles. The zero-order valence-electron chi connectivity index (χ0n) is 21.8. The average molecular weight is 629 g/mol. The summed E-state index contributed by atoms with van der Waals surface area (Å²) >= 11 is 14.8. The van der Waals surface area contributed by atoms with E-state index < -0.39 is 17.7 Å². The standard InChI is InChI=1S/C29H23Cl2N3O5S2/c1-3-39-22-12-17(9-11-21(22)35)24-23(25(36)16-6-4-15(2)5-7-16)26(37)27(38)34(24)28-32-33-29(41-28)40-14-18-8-10-19(30)13-20(18)31/h4-13,24,35-36H,3,14H2,1-2H3/b25-23-. The first-order valence-corrected chi connectivity index (χ1v) is 15.0. The van der Waals surface area contributed by atoms with Crippen LogP contribution in [-0.4, -0.2) is 38.7 Å². The highest BCUT2D eigenvalue weighted by Crippen LogP contribution is 2.45. The van der Waals surface area contributed by atoms with E-state index in [4.69, 9.17) is 27.9 Å². The van der Waals surface area contributed by atoms with E-state index >= 15 is 0 Å². The third-order valence-electron chi connectivity index (χ3n) is 6.34. The average Bonchev–Trinajstić information content (AvgIpc) is 3.51. The van der Waals surface area contributed by atoms with Crippen LogP contribution in [0.25, 0.3) is 5.76 Å². The van der Waals surface area contributed by atoms with Gasteiger partial charge in [0.2, 0.25) is 5.13 Å². The number of amides is 1. The summed E-state index contributed by atoms with van der Waals surface area (Å²) in [4.78, 5) is 28.2. The molecular weight excluding hydrogens is 605 g/mol. The summed E-state index contributed by atoms with van der Waals surface area (Å²) in [6.07, 6.45) is 0. The Hall–Kier alpha value is -3.57. The lowest BCUT2D eigenvalue weighted by molar-refractivity contribution is -0.132. The monoisotopic (exact) mass is 627 g/mol. The van der Waals surface area contributed by atoms with Crippen LogP contribution in [0.3, 0.4) is 0 Å². The summed E-state index contributed by atoms with van der Waals surface area (Å²) in [5.74, 6) is -1.48. The molecule has 1 aliphatic heterocycles. The van der Waals surface area contributed by atoms with Crippen molar-refractivity contribution < 1.29 is 24.5 Å². The van der Waals surface area contributed by atoms with Gasteiger partial charge in [0.15, 0.2) is 15.8 Å². The van der Waals surface area contributed by atoms with Crippen LogP contribution in [0, 0.1) is 6.92 Å². The lowest BCUT2D eigenvalue weighted by Crippen LogP contribution is -2.29. The molecule has 1 aliphatic rings. The number of aromatic nitrogens is 2. The fourth-order valence-corrected chi connectivity index (χ4v) is 6.75. The highest BCUT2D eigenvalue weighted by molar-refractivity contribution is 8.00. The van der Waals surface area contributed by atoms with Crippen LogP contribution in [-0.2, 0) is 15.3 Å². The molecule has 1 atom stereocenters. The van der Waals surface area contributed by atoms with Crippen molar-refractivity contribution in [1.82, 2.24) is 10.2 Å². The van der Waals surface area contributed by atoms with Gasteiger partial charge in [-0.2, -0.15) is 0 Å². The van der Waals surface area contributed by atoms with Crippen LogP contribution < -0.4 is 9.64 Å². The molecule has 1 unspecified atom stereocenters. The molecule has 0 saturated carbocycles. The molecule has 1 saturated heterocycles. The Bertz CT molecular complexity index is 1670. The second-order valence-electron chi connectivity index (χ2n) is 9.07. The quantitative estimate of drug-likeness (QED) is 0.0694. The van der Waals surface area contributed by atoms with Crippen molar-refractivity contribution in [1.29, 1.82) is 0 Å². The molecule has 1 fully saturated rings. The number of aliphatic hydroxyl groups excluding tert-OH is 1. The molecule has 3 aromatic carbocycles. The third-order valence-corrected chi connectivity index (χ3v) is 9.03. The maximum atomic E-state index is 13.5. The number of rotatable bonds is 8. The molecule has 1 aromatic heterocycles. The zero-order chi connectivity index (χ0) is 29.3. The van der Waals surface area contributed by atoms with Gasteiger partial charge in [-0.25, -0.2) is 0 Å². The molecular formula is C29H23Cl2N3O5S2. The Morgan fingerprint density at radius 2 is 1.83 bits per heavy atom. The molecule has 0 aliphatic carbocycles. The summed E-state index contributed by atoms with van der Waals surface area (Å²) in [6.45, 7) is 3.96. The fourth-order valence-electron chi connectivity index (χ4n) is 4.32. The van der Waals surface area contributed by atoms with Crippen LogP contribution >= 0.6 is 46.3 Å². The van der Waals surface area contributed by atoms with Gasteiger partial charge in [-0.1, -0.05) is 88.3 Å². The fraction of sp³-hybridized carbons (Fsp3) is 0.172.